The van der Waals surface area contributed by atoms with Crippen LogP contribution in [0.4, 0.5) is 10.5 Å². The summed E-state index contributed by atoms with van der Waals surface area (Å²) < 4.78 is 52.3. The minimum absolute atomic E-state index is 0.0352. The third kappa shape index (κ3) is 7.83. The molecule has 5 aromatic rings. The molecule has 0 saturated carbocycles. The number of anilines is 1. The van der Waals surface area contributed by atoms with Crippen molar-refractivity contribution in [2.45, 2.75) is 56.4 Å². The number of oxazole rings is 2. The Morgan fingerprint density at radius 2 is 1.42 bits per heavy atom. The van der Waals surface area contributed by atoms with E-state index in [9.17, 15) is 19.5 Å². The molecular formula is C39H37N3O13. The molecule has 2 N–H and O–H groups in total. The van der Waals surface area contributed by atoms with Crippen molar-refractivity contribution in [3.8, 4) is 11.5 Å². The molecule has 0 aliphatic carbocycles. The Balaban J connectivity index is 1.11. The monoisotopic (exact) mass is 755 g/mol. The van der Waals surface area contributed by atoms with E-state index in [1.165, 1.54) is 7.11 Å². The van der Waals surface area contributed by atoms with Gasteiger partial charge in [-0.25, -0.2) is 14.8 Å². The number of ether oxygens (including phenoxy) is 7. The summed E-state index contributed by atoms with van der Waals surface area (Å²) in [5.74, 6) is -1.50. The number of rotatable bonds is 8. The molecule has 7 atom stereocenters. The second-order valence-electron chi connectivity index (χ2n) is 13.2. The van der Waals surface area contributed by atoms with Crippen molar-refractivity contribution in [1.82, 2.24) is 9.97 Å². The predicted octanol–water partition coefficient (Wildman–Crippen LogP) is 4.87. The molecule has 3 aliphatic rings. The van der Waals surface area contributed by atoms with Crippen molar-refractivity contribution in [3.63, 3.8) is 0 Å². The van der Waals surface area contributed by atoms with Crippen LogP contribution in [-0.4, -0.2) is 84.3 Å². The average molecular weight is 756 g/mol. The van der Waals surface area contributed by atoms with Crippen molar-refractivity contribution < 1.29 is 61.5 Å². The number of benzene rings is 3. The van der Waals surface area contributed by atoms with Crippen LogP contribution in [0.1, 0.15) is 24.6 Å². The van der Waals surface area contributed by atoms with Crippen molar-refractivity contribution in [3.05, 3.63) is 90.7 Å². The molecule has 0 spiro atoms. The van der Waals surface area contributed by atoms with Crippen molar-refractivity contribution in [1.29, 1.82) is 0 Å². The molecule has 55 heavy (non-hydrogen) atoms. The molecule has 3 aromatic carbocycles. The number of esters is 2. The normalized spacial score (nSPS) is 25.4. The number of aliphatic hydroxyl groups excluding tert-OH is 1. The van der Waals surface area contributed by atoms with Gasteiger partial charge in [0.25, 0.3) is 0 Å². The molecule has 5 heterocycles. The fourth-order valence-corrected chi connectivity index (χ4v) is 6.81. The summed E-state index contributed by atoms with van der Waals surface area (Å²) >= 11 is 0. The van der Waals surface area contributed by atoms with E-state index in [1.54, 1.807) is 54.6 Å². The number of fused-ring (bicyclic) bond motifs is 4. The van der Waals surface area contributed by atoms with E-state index in [-0.39, 0.29) is 32.5 Å². The van der Waals surface area contributed by atoms with Crippen LogP contribution in [0.25, 0.3) is 22.2 Å². The molecule has 0 radical (unpaired) electrons. The molecule has 16 nitrogen and oxygen atoms in total. The lowest BCUT2D eigenvalue weighted by Crippen LogP contribution is -2.63. The van der Waals surface area contributed by atoms with Crippen LogP contribution in [0.2, 0.25) is 0 Å². The smallest absolute Gasteiger partial charge is 0.412 e. The fraction of sp³-hybridized carbons (Fsp3) is 0.359. The van der Waals surface area contributed by atoms with Crippen molar-refractivity contribution >= 4 is 45.9 Å². The minimum Gasteiger partial charge on any atom is -0.454 e. The van der Waals surface area contributed by atoms with Gasteiger partial charge in [0, 0.05) is 31.7 Å². The number of hydrogen-bond donors (Lipinski definition) is 2. The largest absolute Gasteiger partial charge is 0.454 e. The lowest BCUT2D eigenvalue weighted by Gasteiger charge is -2.44. The first-order valence-electron chi connectivity index (χ1n) is 17.8. The van der Waals surface area contributed by atoms with Crippen LogP contribution in [0.3, 0.4) is 0 Å². The standard InChI is InChI=1S/C39H37N3O13/c1-47-38-35-34(33(30(19-43)52-38)55-39(46)40-23-14-15-28-29(18-23)49-20-48-28)53-36(44)21(16-31-41-24-10-4-6-12-26(24)50-31)8-2-3-9-22(37(45)54-35)17-32-42-25-11-5-7-13-27(25)51-32/h2-7,10-15,18,21-22,30,33-35,38,43H,8-9,16-17,19-20H2,1H3,(H,40,46)/t21-,22-,30-,33-,34+,35+,38+/m1/s1. The maximum absolute atomic E-state index is 14.2. The average Bonchev–Trinajstić information content (AvgIpc) is 3.94. The van der Waals surface area contributed by atoms with E-state index in [2.05, 4.69) is 15.3 Å². The maximum Gasteiger partial charge on any atom is 0.412 e. The third-order valence-electron chi connectivity index (χ3n) is 9.56. The van der Waals surface area contributed by atoms with Gasteiger partial charge >= 0.3 is 18.0 Å². The molecule has 286 valence electrons. The number of aliphatic hydroxyl groups is 1. The fourth-order valence-electron chi connectivity index (χ4n) is 6.81. The topological polar surface area (TPSA) is 200 Å². The molecular weight excluding hydrogens is 718 g/mol. The number of nitrogens with one attached hydrogen (secondary N) is 1. The number of amides is 1. The molecule has 1 fully saturated rings. The highest BCUT2D eigenvalue weighted by Crippen LogP contribution is 2.36. The lowest BCUT2D eigenvalue weighted by atomic mass is 9.95. The third-order valence-corrected chi connectivity index (χ3v) is 9.56. The SMILES string of the molecule is CO[C@H]1O[C@H](CO)[C@@H](OC(=O)Nc2ccc3c(c2)OCO3)[C@@H]2OC(=O)[C@@H](Cc3nc4ccccc4o3)CC=CC[C@H](Cc3nc4ccccc4o3)C(=O)O[C@H]12. The lowest BCUT2D eigenvalue weighted by molar-refractivity contribution is -0.300. The zero-order valence-corrected chi connectivity index (χ0v) is 29.5. The number of para-hydroxylation sites is 4. The quantitative estimate of drug-likeness (QED) is 0.123. The second kappa shape index (κ2) is 15.8. The highest BCUT2D eigenvalue weighted by atomic mass is 16.7. The number of aromatic nitrogens is 2. The molecule has 1 saturated heterocycles. The first-order chi connectivity index (χ1) is 26.8. The zero-order valence-electron chi connectivity index (χ0n) is 29.5. The molecule has 0 unspecified atom stereocenters. The van der Waals surface area contributed by atoms with Crippen LogP contribution in [-0.2, 0) is 46.1 Å². The van der Waals surface area contributed by atoms with Gasteiger partial charge < -0.3 is 47.1 Å². The first kappa shape index (κ1) is 36.0. The van der Waals surface area contributed by atoms with Gasteiger partial charge in [-0.05, 0) is 49.2 Å². The molecule has 16 heteroatoms. The Hall–Kier alpha value is -5.97. The van der Waals surface area contributed by atoms with Gasteiger partial charge in [0.05, 0.1) is 18.4 Å². The Bertz CT molecular complexity index is 2150. The summed E-state index contributed by atoms with van der Waals surface area (Å²) in [6, 6.07) is 19.2. The van der Waals surface area contributed by atoms with Gasteiger partial charge in [-0.3, -0.25) is 14.9 Å². The van der Waals surface area contributed by atoms with Crippen LogP contribution in [0, 0.1) is 11.8 Å². The van der Waals surface area contributed by atoms with Gasteiger partial charge in [0.1, 0.15) is 17.1 Å². The number of nitrogens with zero attached hydrogens (tertiary/aromatic N) is 2. The van der Waals surface area contributed by atoms with E-state index < -0.39 is 67.2 Å². The van der Waals surface area contributed by atoms with Gasteiger partial charge in [-0.15, -0.1) is 0 Å². The van der Waals surface area contributed by atoms with Gasteiger partial charge in [-0.2, -0.15) is 0 Å². The Morgan fingerprint density at radius 1 is 0.818 bits per heavy atom. The molecule has 8 rings (SSSR count). The van der Waals surface area contributed by atoms with Crippen LogP contribution < -0.4 is 14.8 Å². The van der Waals surface area contributed by atoms with E-state index in [4.69, 9.17) is 42.0 Å². The number of carbonyl (C=O) groups is 3. The van der Waals surface area contributed by atoms with Gasteiger partial charge in [0.15, 0.2) is 59.0 Å². The summed E-state index contributed by atoms with van der Waals surface area (Å²) in [5.41, 5.74) is 2.70. The maximum atomic E-state index is 14.2. The van der Waals surface area contributed by atoms with Crippen molar-refractivity contribution in [2.75, 3.05) is 25.8 Å². The summed E-state index contributed by atoms with van der Waals surface area (Å²) in [4.78, 5) is 50.8. The van der Waals surface area contributed by atoms with E-state index in [0.29, 0.717) is 51.2 Å². The first-order valence-corrected chi connectivity index (χ1v) is 17.8. The van der Waals surface area contributed by atoms with E-state index >= 15 is 0 Å². The molecule has 1 amide bonds. The molecule has 2 aromatic heterocycles. The summed E-state index contributed by atoms with van der Waals surface area (Å²) in [7, 11) is 1.31. The van der Waals surface area contributed by atoms with Gasteiger partial charge in [-0.1, -0.05) is 36.4 Å². The number of allylic oxidation sites excluding steroid dienone is 2. The van der Waals surface area contributed by atoms with E-state index in [0.717, 1.165) is 0 Å². The van der Waals surface area contributed by atoms with E-state index in [1.807, 2.05) is 24.3 Å². The summed E-state index contributed by atoms with van der Waals surface area (Å²) in [5, 5.41) is 13.1. The highest BCUT2D eigenvalue weighted by Gasteiger charge is 2.53. The minimum atomic E-state index is -1.51. The van der Waals surface area contributed by atoms with Crippen LogP contribution >= 0.6 is 0 Å². The van der Waals surface area contributed by atoms with Crippen LogP contribution in [0.15, 0.2) is 87.7 Å². The second-order valence-corrected chi connectivity index (χ2v) is 13.2. The summed E-state index contributed by atoms with van der Waals surface area (Å²) in [6.45, 7) is -0.639. The molecule has 3 aliphatic heterocycles. The van der Waals surface area contributed by atoms with Crippen molar-refractivity contribution in [2.24, 2.45) is 11.8 Å². The Labute approximate surface area is 313 Å². The predicted molar refractivity (Wildman–Crippen MR) is 190 cm³/mol. The number of carbonyl (C=O) groups excluding carboxylic acids is 3. The molecule has 0 bridgehead atoms. The number of methoxy groups -OCH3 is 1. The van der Waals surface area contributed by atoms with Gasteiger partial charge in [0.2, 0.25) is 6.79 Å². The Morgan fingerprint density at radius 3 is 2.02 bits per heavy atom. The highest BCUT2D eigenvalue weighted by molar-refractivity contribution is 5.85. The zero-order chi connectivity index (χ0) is 37.9. The summed E-state index contributed by atoms with van der Waals surface area (Å²) in [6.07, 6.45) is -3.92. The number of hydrogen-bond acceptors (Lipinski definition) is 15. The Kier molecular flexibility index (Phi) is 10.3. The van der Waals surface area contributed by atoms with Crippen LogP contribution in [0.5, 0.6) is 11.5 Å².